The Hall–Kier alpha value is -1.10. The molecule has 5 heteroatoms. The number of benzene rings is 1. The lowest BCUT2D eigenvalue weighted by atomic mass is 10.1. The van der Waals surface area contributed by atoms with Crippen LogP contribution >= 0.6 is 15.9 Å². The molecule has 0 aliphatic rings. The van der Waals surface area contributed by atoms with E-state index in [0.29, 0.717) is 16.7 Å². The average Bonchev–Trinajstić information content (AvgIpc) is 2.27. The molecule has 1 amide bonds. The quantitative estimate of drug-likeness (QED) is 0.754. The Morgan fingerprint density at radius 1 is 1.39 bits per heavy atom. The fraction of sp³-hybridized carbons (Fsp3) is 0.462. The minimum Gasteiger partial charge on any atom is -0.384 e. The number of nitrogens with two attached hydrogens (primary N) is 1. The molecule has 0 atom stereocenters. The number of nitrogens with one attached hydrogen (secondary N) is 1. The van der Waals surface area contributed by atoms with Crippen molar-refractivity contribution >= 4 is 27.5 Å². The zero-order valence-electron chi connectivity index (χ0n) is 10.4. The van der Waals surface area contributed by atoms with Crippen LogP contribution < -0.4 is 11.1 Å². The van der Waals surface area contributed by atoms with Gasteiger partial charge in [0.05, 0.1) is 11.3 Å². The van der Waals surface area contributed by atoms with Crippen LogP contribution in [-0.2, 0) is 0 Å². The lowest BCUT2D eigenvalue weighted by molar-refractivity contribution is 0.0997. The second-order valence-corrected chi connectivity index (χ2v) is 5.08. The second-order valence-electron chi connectivity index (χ2n) is 4.16. The molecule has 0 unspecified atom stereocenters. The Balaban J connectivity index is 2.71. The Labute approximate surface area is 115 Å². The number of carbonyl (C=O) groups is 1. The van der Waals surface area contributed by atoms with Gasteiger partial charge in [-0.15, -0.1) is 0 Å². The summed E-state index contributed by atoms with van der Waals surface area (Å²) in [5, 5.41) is 3.06. The fourth-order valence-electron chi connectivity index (χ4n) is 1.74. The third-order valence-electron chi connectivity index (χ3n) is 2.65. The van der Waals surface area contributed by atoms with E-state index in [1.54, 1.807) is 6.07 Å². The molecule has 0 saturated carbocycles. The van der Waals surface area contributed by atoms with Gasteiger partial charge in [0, 0.05) is 11.0 Å². The van der Waals surface area contributed by atoms with Crippen molar-refractivity contribution in [3.8, 4) is 0 Å². The molecule has 0 saturated heterocycles. The minimum absolute atomic E-state index is 0.0753. The molecular formula is C13H18BrFN2O. The van der Waals surface area contributed by atoms with E-state index in [1.165, 1.54) is 12.5 Å². The molecule has 0 spiro atoms. The first-order chi connectivity index (χ1) is 8.56. The molecule has 1 aromatic carbocycles. The lowest BCUT2D eigenvalue weighted by Gasteiger charge is -2.11. The van der Waals surface area contributed by atoms with Crippen molar-refractivity contribution in [3.63, 3.8) is 0 Å². The summed E-state index contributed by atoms with van der Waals surface area (Å²) < 4.78 is 14.2. The predicted molar refractivity (Wildman–Crippen MR) is 75.2 cm³/mol. The summed E-state index contributed by atoms with van der Waals surface area (Å²) in [5.41, 5.74) is 5.56. The van der Waals surface area contributed by atoms with E-state index in [-0.39, 0.29) is 5.56 Å². The maximum absolute atomic E-state index is 13.6. The first kappa shape index (κ1) is 15.0. The number of primary amides is 1. The summed E-state index contributed by atoms with van der Waals surface area (Å²) in [6.45, 7) is 2.85. The van der Waals surface area contributed by atoms with E-state index in [0.717, 1.165) is 19.3 Å². The van der Waals surface area contributed by atoms with Gasteiger partial charge in [-0.25, -0.2) is 4.39 Å². The van der Waals surface area contributed by atoms with Crippen molar-refractivity contribution in [2.24, 2.45) is 5.73 Å². The molecular weight excluding hydrogens is 299 g/mol. The van der Waals surface area contributed by atoms with Crippen molar-refractivity contribution in [2.45, 2.75) is 32.6 Å². The van der Waals surface area contributed by atoms with E-state index in [9.17, 15) is 9.18 Å². The van der Waals surface area contributed by atoms with E-state index >= 15 is 0 Å². The Bertz CT molecular complexity index is 424. The highest BCUT2D eigenvalue weighted by molar-refractivity contribution is 9.10. The molecule has 0 heterocycles. The van der Waals surface area contributed by atoms with Crippen LogP contribution in [0.3, 0.4) is 0 Å². The van der Waals surface area contributed by atoms with Gasteiger partial charge in [-0.05, 0) is 18.6 Å². The zero-order valence-corrected chi connectivity index (χ0v) is 12.0. The maximum Gasteiger partial charge on any atom is 0.253 e. The number of unbranched alkanes of at least 4 members (excludes halogenated alkanes) is 3. The van der Waals surface area contributed by atoms with Gasteiger partial charge in [-0.2, -0.15) is 0 Å². The molecule has 0 aliphatic carbocycles. The summed E-state index contributed by atoms with van der Waals surface area (Å²) in [6.07, 6.45) is 4.45. The summed E-state index contributed by atoms with van der Waals surface area (Å²) in [5.74, 6) is -1.36. The van der Waals surface area contributed by atoms with Gasteiger partial charge in [-0.3, -0.25) is 4.79 Å². The van der Waals surface area contributed by atoms with Crippen molar-refractivity contribution in [1.82, 2.24) is 0 Å². The SMILES string of the molecule is CCCCCCNc1cc(Br)cc(F)c1C(N)=O. The van der Waals surface area contributed by atoms with Crippen LogP contribution in [0.4, 0.5) is 10.1 Å². The van der Waals surface area contributed by atoms with Crippen molar-refractivity contribution in [1.29, 1.82) is 0 Å². The van der Waals surface area contributed by atoms with E-state index in [2.05, 4.69) is 28.2 Å². The van der Waals surface area contributed by atoms with Gasteiger partial charge in [0.1, 0.15) is 5.82 Å². The van der Waals surface area contributed by atoms with Crippen LogP contribution in [0.25, 0.3) is 0 Å². The molecule has 1 rings (SSSR count). The lowest BCUT2D eigenvalue weighted by Crippen LogP contribution is -2.17. The van der Waals surface area contributed by atoms with Crippen LogP contribution in [0.1, 0.15) is 43.0 Å². The highest BCUT2D eigenvalue weighted by atomic mass is 79.9. The maximum atomic E-state index is 13.6. The number of hydrogen-bond donors (Lipinski definition) is 2. The van der Waals surface area contributed by atoms with Gasteiger partial charge in [-0.1, -0.05) is 42.1 Å². The van der Waals surface area contributed by atoms with E-state index in [4.69, 9.17) is 5.73 Å². The van der Waals surface area contributed by atoms with Gasteiger partial charge in [0.15, 0.2) is 0 Å². The standard InChI is InChI=1S/C13H18BrFN2O/c1-2-3-4-5-6-17-11-8-9(14)7-10(15)12(11)13(16)18/h7-8,17H,2-6H2,1H3,(H2,16,18). The van der Waals surface area contributed by atoms with Crippen LogP contribution in [0.15, 0.2) is 16.6 Å². The topological polar surface area (TPSA) is 55.1 Å². The Morgan fingerprint density at radius 2 is 2.11 bits per heavy atom. The van der Waals surface area contributed by atoms with E-state index in [1.807, 2.05) is 0 Å². The molecule has 0 radical (unpaired) electrons. The fourth-order valence-corrected chi connectivity index (χ4v) is 2.17. The summed E-state index contributed by atoms with van der Waals surface area (Å²) in [7, 11) is 0. The van der Waals surface area contributed by atoms with Crippen LogP contribution in [0.2, 0.25) is 0 Å². The van der Waals surface area contributed by atoms with Crippen molar-refractivity contribution < 1.29 is 9.18 Å². The minimum atomic E-state index is -0.754. The second kappa shape index (κ2) is 7.36. The molecule has 0 aliphatic heterocycles. The number of hydrogen-bond acceptors (Lipinski definition) is 2. The van der Waals surface area contributed by atoms with Crippen molar-refractivity contribution in [3.05, 3.63) is 28.0 Å². The largest absolute Gasteiger partial charge is 0.384 e. The van der Waals surface area contributed by atoms with E-state index < -0.39 is 11.7 Å². The number of anilines is 1. The van der Waals surface area contributed by atoms with Gasteiger partial charge < -0.3 is 11.1 Å². The molecule has 100 valence electrons. The summed E-state index contributed by atoms with van der Waals surface area (Å²) in [4.78, 5) is 11.2. The van der Waals surface area contributed by atoms with Gasteiger partial charge >= 0.3 is 0 Å². The first-order valence-corrected chi connectivity index (χ1v) is 6.88. The number of halogens is 2. The molecule has 0 aromatic heterocycles. The van der Waals surface area contributed by atoms with Crippen LogP contribution in [-0.4, -0.2) is 12.5 Å². The van der Waals surface area contributed by atoms with Gasteiger partial charge in [0.25, 0.3) is 5.91 Å². The Morgan fingerprint density at radius 3 is 2.72 bits per heavy atom. The molecule has 3 N–H and O–H groups in total. The molecule has 18 heavy (non-hydrogen) atoms. The first-order valence-electron chi connectivity index (χ1n) is 6.09. The molecule has 0 fully saturated rings. The van der Waals surface area contributed by atoms with Crippen LogP contribution in [0, 0.1) is 5.82 Å². The van der Waals surface area contributed by atoms with Crippen molar-refractivity contribution in [2.75, 3.05) is 11.9 Å². The predicted octanol–water partition coefficient (Wildman–Crippen LogP) is 3.68. The monoisotopic (exact) mass is 316 g/mol. The highest BCUT2D eigenvalue weighted by Crippen LogP contribution is 2.24. The van der Waals surface area contributed by atoms with Crippen LogP contribution in [0.5, 0.6) is 0 Å². The average molecular weight is 317 g/mol. The van der Waals surface area contributed by atoms with Gasteiger partial charge in [0.2, 0.25) is 0 Å². The molecule has 0 bridgehead atoms. The third kappa shape index (κ3) is 4.29. The summed E-state index contributed by atoms with van der Waals surface area (Å²) in [6, 6.07) is 2.91. The number of rotatable bonds is 7. The number of carbonyl (C=O) groups excluding carboxylic acids is 1. The normalized spacial score (nSPS) is 10.4. The Kier molecular flexibility index (Phi) is 6.12. The smallest absolute Gasteiger partial charge is 0.253 e. The zero-order chi connectivity index (χ0) is 13.5. The highest BCUT2D eigenvalue weighted by Gasteiger charge is 2.15. The number of amides is 1. The molecule has 1 aromatic rings. The third-order valence-corrected chi connectivity index (χ3v) is 3.11. The molecule has 3 nitrogen and oxygen atoms in total. The summed E-state index contributed by atoms with van der Waals surface area (Å²) >= 11 is 3.20.